The largest absolute Gasteiger partial charge is 0.465 e. The highest BCUT2D eigenvalue weighted by Crippen LogP contribution is 2.40. The number of carbonyl (C=O) groups is 3. The Morgan fingerprint density at radius 2 is 1.76 bits per heavy atom. The van der Waals surface area contributed by atoms with Gasteiger partial charge < -0.3 is 14.8 Å². The first-order valence-corrected chi connectivity index (χ1v) is 9.85. The van der Waals surface area contributed by atoms with Crippen molar-refractivity contribution in [1.29, 1.82) is 0 Å². The highest BCUT2D eigenvalue weighted by atomic mass is 32.2. The maximum absolute atomic E-state index is 12.3. The second-order valence-corrected chi connectivity index (χ2v) is 8.33. The van der Waals surface area contributed by atoms with Gasteiger partial charge in [0, 0.05) is 25.5 Å². The Hall–Kier alpha value is -1.24. The average molecular weight is 374 g/mol. The smallest absolute Gasteiger partial charge is 0.303 e. The van der Waals surface area contributed by atoms with Crippen LogP contribution in [0.3, 0.4) is 0 Å². The van der Waals surface area contributed by atoms with E-state index in [1.54, 1.807) is 0 Å². The van der Waals surface area contributed by atoms with Gasteiger partial charge in [-0.15, -0.1) is 11.8 Å². The summed E-state index contributed by atoms with van der Waals surface area (Å²) >= 11 is 1.45. The minimum atomic E-state index is -0.481. The minimum Gasteiger partial charge on any atom is -0.465 e. The highest BCUT2D eigenvalue weighted by Gasteiger charge is 2.43. The molecule has 1 amide bonds. The molecule has 144 valence electrons. The number of esters is 2. The summed E-state index contributed by atoms with van der Waals surface area (Å²) in [5.74, 6) is -0.125. The van der Waals surface area contributed by atoms with Gasteiger partial charge in [-0.05, 0) is 17.8 Å². The molecule has 1 heterocycles. The third kappa shape index (κ3) is 6.88. The SMILES string of the molecule is CC[C@H](C)CC(=O)NC1C(OC(C)=O)SC(COC(C)=O)C(C)C1C. The molecule has 1 aliphatic rings. The Labute approximate surface area is 154 Å². The van der Waals surface area contributed by atoms with Crippen LogP contribution in [0.15, 0.2) is 0 Å². The molecule has 0 saturated carbocycles. The standard InChI is InChI=1S/C18H31NO5S/c1-7-10(2)8-16(22)19-17-12(4)11(3)15(9-23-13(5)20)25-18(17)24-14(6)21/h10-12,15,17-18H,7-9H2,1-6H3,(H,19,22)/t10-,11?,12?,15?,17?,18?/m0/s1. The maximum Gasteiger partial charge on any atom is 0.303 e. The molecule has 5 unspecified atom stereocenters. The van der Waals surface area contributed by atoms with E-state index in [-0.39, 0.29) is 47.6 Å². The summed E-state index contributed by atoms with van der Waals surface area (Å²) in [6.45, 7) is 11.2. The molecule has 1 rings (SSSR count). The van der Waals surface area contributed by atoms with Gasteiger partial charge in [0.2, 0.25) is 5.91 Å². The summed E-state index contributed by atoms with van der Waals surface area (Å²) in [4.78, 5) is 34.9. The predicted molar refractivity (Wildman–Crippen MR) is 97.9 cm³/mol. The first kappa shape index (κ1) is 21.8. The number of rotatable bonds is 7. The molecule has 0 bridgehead atoms. The molecule has 1 N–H and O–H groups in total. The summed E-state index contributed by atoms with van der Waals surface area (Å²) in [5, 5.41) is 3.08. The van der Waals surface area contributed by atoms with E-state index in [1.807, 2.05) is 13.8 Å². The number of thioether (sulfide) groups is 1. The Morgan fingerprint density at radius 3 is 2.28 bits per heavy atom. The van der Waals surface area contributed by atoms with Crippen molar-refractivity contribution in [2.75, 3.05) is 6.61 Å². The van der Waals surface area contributed by atoms with Crippen LogP contribution < -0.4 is 5.32 Å². The summed E-state index contributed by atoms with van der Waals surface area (Å²) in [6.07, 6.45) is 1.40. The van der Waals surface area contributed by atoms with Crippen molar-refractivity contribution >= 4 is 29.6 Å². The van der Waals surface area contributed by atoms with Crippen LogP contribution in [0.4, 0.5) is 0 Å². The molecule has 6 nitrogen and oxygen atoms in total. The van der Waals surface area contributed by atoms with Crippen molar-refractivity contribution in [2.45, 2.75) is 71.1 Å². The van der Waals surface area contributed by atoms with Gasteiger partial charge in [-0.25, -0.2) is 0 Å². The highest BCUT2D eigenvalue weighted by molar-refractivity contribution is 8.00. The molecule has 6 atom stereocenters. The van der Waals surface area contributed by atoms with Crippen LogP contribution in [-0.2, 0) is 23.9 Å². The van der Waals surface area contributed by atoms with Crippen LogP contribution in [0.2, 0.25) is 0 Å². The van der Waals surface area contributed by atoms with Crippen LogP contribution in [0, 0.1) is 17.8 Å². The molecule has 0 radical (unpaired) electrons. The van der Waals surface area contributed by atoms with Gasteiger partial charge in [0.15, 0.2) is 5.44 Å². The molecule has 1 aliphatic heterocycles. The fourth-order valence-electron chi connectivity index (χ4n) is 2.85. The molecular formula is C18H31NO5S. The zero-order valence-corrected chi connectivity index (χ0v) is 16.9. The van der Waals surface area contributed by atoms with E-state index >= 15 is 0 Å². The number of amides is 1. The van der Waals surface area contributed by atoms with Gasteiger partial charge in [0.1, 0.15) is 6.61 Å². The number of carbonyl (C=O) groups excluding carboxylic acids is 3. The molecule has 1 fully saturated rings. The van der Waals surface area contributed by atoms with E-state index in [2.05, 4.69) is 19.2 Å². The molecule has 0 aliphatic carbocycles. The fraction of sp³-hybridized carbons (Fsp3) is 0.833. The van der Waals surface area contributed by atoms with Crippen LogP contribution in [0.1, 0.15) is 54.4 Å². The van der Waals surface area contributed by atoms with Crippen LogP contribution in [0.25, 0.3) is 0 Å². The minimum absolute atomic E-state index is 0.0189. The van der Waals surface area contributed by atoms with E-state index in [9.17, 15) is 14.4 Å². The molecule has 25 heavy (non-hydrogen) atoms. The van der Waals surface area contributed by atoms with Crippen molar-refractivity contribution in [3.63, 3.8) is 0 Å². The molecule has 0 aromatic heterocycles. The molecule has 0 aromatic carbocycles. The topological polar surface area (TPSA) is 81.7 Å². The third-order valence-corrected chi connectivity index (χ3v) is 6.45. The van der Waals surface area contributed by atoms with E-state index in [0.717, 1.165) is 6.42 Å². The van der Waals surface area contributed by atoms with Gasteiger partial charge in [-0.2, -0.15) is 0 Å². The van der Waals surface area contributed by atoms with Gasteiger partial charge in [0.25, 0.3) is 0 Å². The van der Waals surface area contributed by atoms with Crippen molar-refractivity contribution in [3.05, 3.63) is 0 Å². The Kier molecular flexibility index (Phi) is 8.76. The van der Waals surface area contributed by atoms with Crippen LogP contribution in [-0.4, -0.2) is 41.2 Å². The number of ether oxygens (including phenoxy) is 2. The summed E-state index contributed by atoms with van der Waals surface area (Å²) < 4.78 is 10.6. The van der Waals surface area contributed by atoms with Gasteiger partial charge >= 0.3 is 11.9 Å². The quantitative estimate of drug-likeness (QED) is 0.691. The van der Waals surface area contributed by atoms with E-state index in [1.165, 1.54) is 25.6 Å². The monoisotopic (exact) mass is 373 g/mol. The van der Waals surface area contributed by atoms with E-state index in [4.69, 9.17) is 9.47 Å². The molecule has 1 saturated heterocycles. The first-order chi connectivity index (χ1) is 11.6. The molecular weight excluding hydrogens is 342 g/mol. The molecule has 7 heteroatoms. The number of nitrogens with one attached hydrogen (secondary N) is 1. The van der Waals surface area contributed by atoms with Crippen LogP contribution in [0.5, 0.6) is 0 Å². The lowest BCUT2D eigenvalue weighted by molar-refractivity contribution is -0.146. The maximum atomic E-state index is 12.3. The molecule has 0 spiro atoms. The second-order valence-electron chi connectivity index (χ2n) is 6.98. The lowest BCUT2D eigenvalue weighted by Gasteiger charge is -2.43. The summed E-state index contributed by atoms with van der Waals surface area (Å²) in [6, 6.07) is -0.256. The van der Waals surface area contributed by atoms with Crippen LogP contribution >= 0.6 is 11.8 Å². The lowest BCUT2D eigenvalue weighted by atomic mass is 9.85. The Morgan fingerprint density at radius 1 is 1.12 bits per heavy atom. The van der Waals surface area contributed by atoms with Crippen molar-refractivity contribution < 1.29 is 23.9 Å². The summed E-state index contributed by atoms with van der Waals surface area (Å²) in [7, 11) is 0. The zero-order chi connectivity index (χ0) is 19.1. The van der Waals surface area contributed by atoms with Crippen molar-refractivity contribution in [2.24, 2.45) is 17.8 Å². The second kappa shape index (κ2) is 10.0. The Bertz CT molecular complexity index is 484. The molecule has 0 aromatic rings. The Balaban J connectivity index is 2.84. The number of hydrogen-bond acceptors (Lipinski definition) is 6. The summed E-state index contributed by atoms with van der Waals surface area (Å²) in [5.41, 5.74) is -0.481. The number of hydrogen-bond donors (Lipinski definition) is 1. The van der Waals surface area contributed by atoms with Gasteiger partial charge in [-0.3, -0.25) is 14.4 Å². The predicted octanol–water partition coefficient (Wildman–Crippen LogP) is 2.75. The van der Waals surface area contributed by atoms with Gasteiger partial charge in [0.05, 0.1) is 6.04 Å². The van der Waals surface area contributed by atoms with E-state index < -0.39 is 5.44 Å². The lowest BCUT2D eigenvalue weighted by Crippen LogP contribution is -2.55. The third-order valence-electron chi connectivity index (χ3n) is 4.88. The van der Waals surface area contributed by atoms with Crippen molar-refractivity contribution in [1.82, 2.24) is 5.32 Å². The first-order valence-electron chi connectivity index (χ1n) is 8.91. The average Bonchev–Trinajstić information content (AvgIpc) is 2.52. The van der Waals surface area contributed by atoms with Gasteiger partial charge in [-0.1, -0.05) is 34.1 Å². The normalized spacial score (nSPS) is 30.2. The van der Waals surface area contributed by atoms with Crippen molar-refractivity contribution in [3.8, 4) is 0 Å². The van der Waals surface area contributed by atoms with E-state index in [0.29, 0.717) is 12.3 Å². The zero-order valence-electron chi connectivity index (χ0n) is 16.0. The fourth-order valence-corrected chi connectivity index (χ4v) is 4.52.